The Kier molecular flexibility index (Phi) is 6.21. The summed E-state index contributed by atoms with van der Waals surface area (Å²) in [6.45, 7) is 0.614. The van der Waals surface area contributed by atoms with Crippen LogP contribution >= 0.6 is 0 Å². The van der Waals surface area contributed by atoms with E-state index in [0.717, 1.165) is 5.56 Å². The first kappa shape index (κ1) is 20.4. The number of anilines is 1. The molecule has 1 saturated heterocycles. The summed E-state index contributed by atoms with van der Waals surface area (Å²) in [6.07, 6.45) is 0.400. The van der Waals surface area contributed by atoms with Gasteiger partial charge in [0, 0.05) is 18.8 Å². The number of halogens is 1. The van der Waals surface area contributed by atoms with Crippen molar-refractivity contribution in [1.29, 1.82) is 0 Å². The molecule has 0 spiro atoms. The van der Waals surface area contributed by atoms with Gasteiger partial charge in [0.15, 0.2) is 11.5 Å². The van der Waals surface area contributed by atoms with Crippen molar-refractivity contribution in [2.75, 3.05) is 32.8 Å². The van der Waals surface area contributed by atoms with Gasteiger partial charge in [-0.2, -0.15) is 0 Å². The maximum absolute atomic E-state index is 13.1. The fourth-order valence-electron chi connectivity index (χ4n) is 3.35. The Morgan fingerprint density at radius 1 is 1.10 bits per heavy atom. The van der Waals surface area contributed by atoms with Crippen molar-refractivity contribution in [3.63, 3.8) is 0 Å². The molecule has 2 amide bonds. The minimum atomic E-state index is -0.776. The summed E-state index contributed by atoms with van der Waals surface area (Å²) in [5, 5.41) is 2.79. The third kappa shape index (κ3) is 4.26. The Morgan fingerprint density at radius 3 is 2.28 bits per heavy atom. The molecule has 2 aromatic carbocycles. The minimum absolute atomic E-state index is 0.204. The number of rotatable bonds is 7. The molecule has 1 aliphatic rings. The first-order chi connectivity index (χ1) is 14.0. The van der Waals surface area contributed by atoms with Gasteiger partial charge in [-0.3, -0.25) is 9.59 Å². The molecule has 0 bridgehead atoms. The summed E-state index contributed by atoms with van der Waals surface area (Å²) in [7, 11) is 4.54. The minimum Gasteiger partial charge on any atom is -0.493 e. The van der Waals surface area contributed by atoms with E-state index in [-0.39, 0.29) is 24.2 Å². The van der Waals surface area contributed by atoms with Crippen LogP contribution in [0.4, 0.5) is 10.1 Å². The van der Waals surface area contributed by atoms with Crippen LogP contribution in [0.2, 0.25) is 0 Å². The van der Waals surface area contributed by atoms with Gasteiger partial charge in [-0.25, -0.2) is 4.39 Å². The number of ether oxygens (including phenoxy) is 3. The summed E-state index contributed by atoms with van der Waals surface area (Å²) in [5.41, 5.74) is 1.32. The SMILES string of the molecule is COc1cc(CNC(=O)[C@@H]2CCN(c3ccc(F)cc3)C2=O)cc(OC)c1OC. The molecular formula is C21H23FN2O5. The van der Waals surface area contributed by atoms with Crippen LogP contribution in [0.25, 0.3) is 0 Å². The lowest BCUT2D eigenvalue weighted by atomic mass is 10.1. The lowest BCUT2D eigenvalue weighted by Gasteiger charge is -2.17. The van der Waals surface area contributed by atoms with E-state index in [0.29, 0.717) is 35.9 Å². The second kappa shape index (κ2) is 8.81. The van der Waals surface area contributed by atoms with Gasteiger partial charge in [-0.15, -0.1) is 0 Å². The predicted molar refractivity (Wildman–Crippen MR) is 105 cm³/mol. The van der Waals surface area contributed by atoms with Crippen LogP contribution in [0.5, 0.6) is 17.2 Å². The smallest absolute Gasteiger partial charge is 0.239 e. The molecule has 1 heterocycles. The van der Waals surface area contributed by atoms with Gasteiger partial charge in [0.05, 0.1) is 21.3 Å². The highest BCUT2D eigenvalue weighted by Gasteiger charge is 2.37. The van der Waals surface area contributed by atoms with E-state index in [1.165, 1.54) is 50.5 Å². The zero-order valence-electron chi connectivity index (χ0n) is 16.5. The number of benzene rings is 2. The summed E-state index contributed by atoms with van der Waals surface area (Å²) in [5.74, 6) is -0.369. The average molecular weight is 402 g/mol. The van der Waals surface area contributed by atoms with Crippen molar-refractivity contribution in [2.45, 2.75) is 13.0 Å². The van der Waals surface area contributed by atoms with Crippen LogP contribution in [0.15, 0.2) is 36.4 Å². The van der Waals surface area contributed by atoms with Crippen molar-refractivity contribution in [1.82, 2.24) is 5.32 Å². The van der Waals surface area contributed by atoms with Crippen LogP contribution in [0.1, 0.15) is 12.0 Å². The fourth-order valence-corrected chi connectivity index (χ4v) is 3.35. The Balaban J connectivity index is 1.67. The molecule has 0 aromatic heterocycles. The molecule has 1 fully saturated rings. The van der Waals surface area contributed by atoms with Gasteiger partial charge in [-0.05, 0) is 48.4 Å². The fraction of sp³-hybridized carbons (Fsp3) is 0.333. The number of hydrogen-bond donors (Lipinski definition) is 1. The van der Waals surface area contributed by atoms with Crippen LogP contribution in [-0.2, 0) is 16.1 Å². The third-order valence-corrected chi connectivity index (χ3v) is 4.85. The number of nitrogens with zero attached hydrogens (tertiary/aromatic N) is 1. The Labute approximate surface area is 168 Å². The number of amides is 2. The van der Waals surface area contributed by atoms with Gasteiger partial charge < -0.3 is 24.4 Å². The Morgan fingerprint density at radius 2 is 1.72 bits per heavy atom. The molecule has 7 nitrogen and oxygen atoms in total. The number of carbonyl (C=O) groups is 2. The molecule has 1 aliphatic heterocycles. The summed E-state index contributed by atoms with van der Waals surface area (Å²) in [6, 6.07) is 9.12. The molecule has 0 unspecified atom stereocenters. The first-order valence-electron chi connectivity index (χ1n) is 9.12. The van der Waals surface area contributed by atoms with E-state index in [2.05, 4.69) is 5.32 Å². The van der Waals surface area contributed by atoms with Crippen LogP contribution < -0.4 is 24.4 Å². The number of carbonyl (C=O) groups excluding carboxylic acids is 2. The van der Waals surface area contributed by atoms with Gasteiger partial charge in [0.2, 0.25) is 17.6 Å². The number of nitrogens with one attached hydrogen (secondary N) is 1. The highest BCUT2D eigenvalue weighted by molar-refractivity contribution is 6.09. The normalized spacial score (nSPS) is 15.9. The highest BCUT2D eigenvalue weighted by Crippen LogP contribution is 2.38. The largest absolute Gasteiger partial charge is 0.493 e. The van der Waals surface area contributed by atoms with Crippen LogP contribution in [-0.4, -0.2) is 39.7 Å². The molecule has 8 heteroatoms. The quantitative estimate of drug-likeness (QED) is 0.721. The topological polar surface area (TPSA) is 77.1 Å². The standard InChI is InChI=1S/C21H23FN2O5/c1-27-17-10-13(11-18(28-2)19(17)29-3)12-23-20(25)16-8-9-24(21(16)26)15-6-4-14(22)5-7-15/h4-7,10-11,16H,8-9,12H2,1-3H3,(H,23,25)/t16-/m0/s1. The van der Waals surface area contributed by atoms with Crippen LogP contribution in [0.3, 0.4) is 0 Å². The molecule has 0 aliphatic carbocycles. The first-order valence-corrected chi connectivity index (χ1v) is 9.12. The Bertz CT molecular complexity index is 875. The number of hydrogen-bond acceptors (Lipinski definition) is 5. The monoisotopic (exact) mass is 402 g/mol. The Hall–Kier alpha value is -3.29. The molecule has 0 radical (unpaired) electrons. The summed E-state index contributed by atoms with van der Waals surface area (Å²) < 4.78 is 29.0. The molecule has 0 saturated carbocycles. The molecule has 1 atom stereocenters. The van der Waals surface area contributed by atoms with E-state index in [1.54, 1.807) is 12.1 Å². The van der Waals surface area contributed by atoms with Crippen molar-refractivity contribution < 1.29 is 28.2 Å². The van der Waals surface area contributed by atoms with Crippen molar-refractivity contribution in [3.05, 3.63) is 47.8 Å². The van der Waals surface area contributed by atoms with Gasteiger partial charge in [0.1, 0.15) is 11.7 Å². The lowest BCUT2D eigenvalue weighted by Crippen LogP contribution is -2.36. The van der Waals surface area contributed by atoms with Gasteiger partial charge in [-0.1, -0.05) is 0 Å². The molecule has 1 N–H and O–H groups in total. The van der Waals surface area contributed by atoms with E-state index >= 15 is 0 Å². The van der Waals surface area contributed by atoms with Crippen molar-refractivity contribution >= 4 is 17.5 Å². The van der Waals surface area contributed by atoms with Crippen LogP contribution in [0, 0.1) is 11.7 Å². The van der Waals surface area contributed by atoms with E-state index < -0.39 is 5.92 Å². The summed E-state index contributed by atoms with van der Waals surface area (Å²) >= 11 is 0. The molecular weight excluding hydrogens is 379 g/mol. The lowest BCUT2D eigenvalue weighted by molar-refractivity contribution is -0.132. The molecule has 3 rings (SSSR count). The summed E-state index contributed by atoms with van der Waals surface area (Å²) in [4.78, 5) is 26.7. The highest BCUT2D eigenvalue weighted by atomic mass is 19.1. The second-order valence-electron chi connectivity index (χ2n) is 6.56. The van der Waals surface area contributed by atoms with Crippen molar-refractivity contribution in [3.8, 4) is 17.2 Å². The van der Waals surface area contributed by atoms with E-state index in [9.17, 15) is 14.0 Å². The predicted octanol–water partition coefficient (Wildman–Crippen LogP) is 2.52. The van der Waals surface area contributed by atoms with Gasteiger partial charge in [0.25, 0.3) is 0 Å². The van der Waals surface area contributed by atoms with Crippen molar-refractivity contribution in [2.24, 2.45) is 5.92 Å². The molecule has 2 aromatic rings. The third-order valence-electron chi connectivity index (χ3n) is 4.85. The van der Waals surface area contributed by atoms with E-state index in [1.807, 2.05) is 0 Å². The average Bonchev–Trinajstić information content (AvgIpc) is 3.13. The zero-order valence-corrected chi connectivity index (χ0v) is 16.5. The maximum Gasteiger partial charge on any atom is 0.239 e. The van der Waals surface area contributed by atoms with E-state index in [4.69, 9.17) is 14.2 Å². The number of methoxy groups -OCH3 is 3. The molecule has 29 heavy (non-hydrogen) atoms. The van der Waals surface area contributed by atoms with Gasteiger partial charge >= 0.3 is 0 Å². The zero-order chi connectivity index (χ0) is 21.0. The second-order valence-corrected chi connectivity index (χ2v) is 6.56. The maximum atomic E-state index is 13.1. The molecule has 154 valence electrons.